The van der Waals surface area contributed by atoms with E-state index in [4.69, 9.17) is 4.74 Å². The Balaban J connectivity index is 1.77. The molecule has 0 aliphatic heterocycles. The Hall–Kier alpha value is -2.54. The fourth-order valence-corrected chi connectivity index (χ4v) is 4.17. The van der Waals surface area contributed by atoms with Crippen LogP contribution in [0.5, 0.6) is 5.75 Å². The van der Waals surface area contributed by atoms with E-state index in [2.05, 4.69) is 0 Å². The number of allylic oxidation sites excluding steroid dienone is 4. The van der Waals surface area contributed by atoms with Crippen molar-refractivity contribution >= 4 is 21.0 Å². The number of halogens is 3. The Morgan fingerprint density at radius 1 is 0.964 bits per heavy atom. The van der Waals surface area contributed by atoms with Gasteiger partial charge >= 0.3 is 0 Å². The van der Waals surface area contributed by atoms with E-state index >= 15 is 0 Å². The molecule has 146 valence electrons. The summed E-state index contributed by atoms with van der Waals surface area (Å²) in [7, 11) is -2.75. The molecule has 2 aliphatic rings. The summed E-state index contributed by atoms with van der Waals surface area (Å²) >= 11 is 0. The van der Waals surface area contributed by atoms with Gasteiger partial charge in [-0.1, -0.05) is 24.3 Å². The predicted octanol–water partition coefficient (Wildman–Crippen LogP) is 4.93. The van der Waals surface area contributed by atoms with Gasteiger partial charge in [-0.25, -0.2) is 21.6 Å². The summed E-state index contributed by atoms with van der Waals surface area (Å²) in [6, 6.07) is 6.84. The second-order valence-corrected chi connectivity index (χ2v) is 8.99. The number of hydrogen-bond donors (Lipinski definition) is 0. The minimum absolute atomic E-state index is 0.106. The molecule has 0 saturated heterocycles. The summed E-state index contributed by atoms with van der Waals surface area (Å²) in [6.07, 6.45) is 5.92. The maximum atomic E-state index is 14.2. The first-order chi connectivity index (χ1) is 13.3. The van der Waals surface area contributed by atoms with E-state index in [9.17, 15) is 21.6 Å². The predicted molar refractivity (Wildman–Crippen MR) is 100 cm³/mol. The zero-order valence-corrected chi connectivity index (χ0v) is 15.8. The van der Waals surface area contributed by atoms with Crippen molar-refractivity contribution in [1.29, 1.82) is 0 Å². The lowest BCUT2D eigenvalue weighted by Crippen LogP contribution is -2.02. The van der Waals surface area contributed by atoms with Crippen LogP contribution in [0.3, 0.4) is 0 Å². The normalized spacial score (nSPS) is 17.4. The fourth-order valence-electron chi connectivity index (χ4n) is 3.50. The van der Waals surface area contributed by atoms with Gasteiger partial charge in [0.1, 0.15) is 0 Å². The van der Waals surface area contributed by atoms with Gasteiger partial charge in [0, 0.05) is 5.41 Å². The quantitative estimate of drug-likeness (QED) is 0.707. The highest BCUT2D eigenvalue weighted by molar-refractivity contribution is 7.91. The summed E-state index contributed by atoms with van der Waals surface area (Å²) in [5, 5.41) is 0. The van der Waals surface area contributed by atoms with Crippen molar-refractivity contribution in [2.24, 2.45) is 5.41 Å². The van der Waals surface area contributed by atoms with E-state index in [1.54, 1.807) is 12.1 Å². The van der Waals surface area contributed by atoms with Gasteiger partial charge in [0.15, 0.2) is 23.4 Å². The van der Waals surface area contributed by atoms with Gasteiger partial charge in [0.05, 0.1) is 12.0 Å². The van der Waals surface area contributed by atoms with E-state index in [0.717, 1.165) is 18.4 Å². The van der Waals surface area contributed by atoms with Crippen LogP contribution in [-0.4, -0.2) is 21.5 Å². The second kappa shape index (κ2) is 6.51. The van der Waals surface area contributed by atoms with E-state index in [1.165, 1.54) is 31.4 Å². The molecule has 0 bridgehead atoms. The molecule has 0 amide bonds. The molecule has 1 spiro atoms. The zero-order valence-electron chi connectivity index (χ0n) is 15.0. The average molecular weight is 406 g/mol. The first-order valence-corrected chi connectivity index (χ1v) is 10.3. The third-order valence-corrected chi connectivity index (χ3v) is 6.44. The number of alkyl halides is 1. The molecular weight excluding hydrogens is 389 g/mol. The van der Waals surface area contributed by atoms with Crippen LogP contribution in [0, 0.1) is 17.0 Å². The summed E-state index contributed by atoms with van der Waals surface area (Å²) in [6.45, 7) is 0. The van der Waals surface area contributed by atoms with Crippen molar-refractivity contribution in [1.82, 2.24) is 0 Å². The Morgan fingerprint density at radius 2 is 1.50 bits per heavy atom. The standard InChI is InChI=1S/C21H17F3O3S/c1-27-20-18(23)8-14(9-19(20)24)17-11-21(6-7-21)10-16(17)13-2-4-15(5-3-13)28(25,26)12-22/h2-5,8-11H,6-7,12H2,1H3. The number of benzene rings is 2. The summed E-state index contributed by atoms with van der Waals surface area (Å²) in [4.78, 5) is -0.106. The van der Waals surface area contributed by atoms with Crippen LogP contribution in [0.15, 0.2) is 53.4 Å². The van der Waals surface area contributed by atoms with Crippen molar-refractivity contribution in [2.45, 2.75) is 17.7 Å². The number of ether oxygens (including phenoxy) is 1. The smallest absolute Gasteiger partial charge is 0.207 e. The molecular formula is C21H17F3O3S. The van der Waals surface area contributed by atoms with Crippen LogP contribution in [0.4, 0.5) is 13.2 Å². The molecule has 1 fully saturated rings. The lowest BCUT2D eigenvalue weighted by molar-refractivity contribution is 0.359. The molecule has 0 radical (unpaired) electrons. The lowest BCUT2D eigenvalue weighted by atomic mass is 9.95. The summed E-state index contributed by atoms with van der Waals surface area (Å²) in [5.41, 5.74) is 2.40. The van der Waals surface area contributed by atoms with E-state index < -0.39 is 33.2 Å². The number of rotatable bonds is 5. The third kappa shape index (κ3) is 3.13. The lowest BCUT2D eigenvalue weighted by Gasteiger charge is -2.12. The highest BCUT2D eigenvalue weighted by atomic mass is 32.2. The fraction of sp³-hybridized carbons (Fsp3) is 0.238. The summed E-state index contributed by atoms with van der Waals surface area (Å²) in [5.74, 6) is -2.02. The van der Waals surface area contributed by atoms with E-state index in [0.29, 0.717) is 16.7 Å². The van der Waals surface area contributed by atoms with Crippen molar-refractivity contribution in [3.63, 3.8) is 0 Å². The third-order valence-electron chi connectivity index (χ3n) is 5.16. The first kappa shape index (κ1) is 18.8. The van der Waals surface area contributed by atoms with Gasteiger partial charge in [-0.3, -0.25) is 0 Å². The van der Waals surface area contributed by atoms with Gasteiger partial charge in [-0.05, 0) is 59.4 Å². The first-order valence-electron chi connectivity index (χ1n) is 8.67. The zero-order chi connectivity index (χ0) is 20.1. The molecule has 0 heterocycles. The van der Waals surface area contributed by atoms with Crippen molar-refractivity contribution < 1.29 is 26.3 Å². The molecule has 4 rings (SSSR count). The molecule has 28 heavy (non-hydrogen) atoms. The molecule has 2 aromatic carbocycles. The average Bonchev–Trinajstić information content (AvgIpc) is 3.32. The molecule has 0 N–H and O–H groups in total. The monoisotopic (exact) mass is 406 g/mol. The topological polar surface area (TPSA) is 43.4 Å². The highest BCUT2D eigenvalue weighted by Crippen LogP contribution is 2.57. The number of hydrogen-bond acceptors (Lipinski definition) is 3. The molecule has 7 heteroatoms. The minimum Gasteiger partial charge on any atom is -0.491 e. The molecule has 0 atom stereocenters. The van der Waals surface area contributed by atoms with Crippen LogP contribution < -0.4 is 4.74 Å². The Morgan fingerprint density at radius 3 is 1.96 bits per heavy atom. The van der Waals surface area contributed by atoms with E-state index in [1.807, 2.05) is 12.2 Å². The minimum atomic E-state index is -3.95. The van der Waals surface area contributed by atoms with Gasteiger partial charge in [0.25, 0.3) is 0 Å². The molecule has 2 aliphatic carbocycles. The Labute approximate surface area is 161 Å². The van der Waals surface area contributed by atoms with Crippen LogP contribution in [0.1, 0.15) is 24.0 Å². The van der Waals surface area contributed by atoms with E-state index in [-0.39, 0.29) is 10.3 Å². The van der Waals surface area contributed by atoms with Crippen molar-refractivity contribution in [3.8, 4) is 5.75 Å². The van der Waals surface area contributed by atoms with Crippen LogP contribution in [-0.2, 0) is 9.84 Å². The van der Waals surface area contributed by atoms with Gasteiger partial charge in [-0.15, -0.1) is 0 Å². The second-order valence-electron chi connectivity index (χ2n) is 7.07. The molecule has 2 aromatic rings. The molecule has 0 aromatic heterocycles. The maximum Gasteiger partial charge on any atom is 0.207 e. The van der Waals surface area contributed by atoms with Gasteiger partial charge in [-0.2, -0.15) is 0 Å². The molecule has 1 saturated carbocycles. The maximum absolute atomic E-state index is 14.2. The Kier molecular flexibility index (Phi) is 4.38. The van der Waals surface area contributed by atoms with Crippen LogP contribution in [0.2, 0.25) is 0 Å². The molecule has 0 unspecified atom stereocenters. The highest BCUT2D eigenvalue weighted by Gasteiger charge is 2.43. The van der Waals surface area contributed by atoms with Crippen molar-refractivity contribution in [3.05, 3.63) is 71.3 Å². The van der Waals surface area contributed by atoms with Crippen molar-refractivity contribution in [2.75, 3.05) is 13.1 Å². The SMILES string of the molecule is COc1c(F)cc(C2=CC3(C=C2c2ccc(S(=O)(=O)CF)cc2)CC3)cc1F. The van der Waals surface area contributed by atoms with Gasteiger partial charge in [0.2, 0.25) is 9.84 Å². The largest absolute Gasteiger partial charge is 0.491 e. The molecule has 3 nitrogen and oxygen atoms in total. The van der Waals surface area contributed by atoms with Crippen LogP contribution in [0.25, 0.3) is 11.1 Å². The summed E-state index contributed by atoms with van der Waals surface area (Å²) < 4.78 is 69.2. The number of sulfone groups is 1. The van der Waals surface area contributed by atoms with Crippen LogP contribution >= 0.6 is 0 Å². The Bertz CT molecular complexity index is 1090. The number of methoxy groups -OCH3 is 1. The van der Waals surface area contributed by atoms with Gasteiger partial charge < -0.3 is 4.74 Å².